The van der Waals surface area contributed by atoms with E-state index in [0.717, 1.165) is 23.3 Å². The lowest BCUT2D eigenvalue weighted by Crippen LogP contribution is -2.08. The van der Waals surface area contributed by atoms with Crippen LogP contribution in [-0.4, -0.2) is 12.6 Å². The first kappa shape index (κ1) is 30.5. The molecule has 0 fully saturated rings. The van der Waals surface area contributed by atoms with Gasteiger partial charge in [-0.25, -0.2) is 4.79 Å². The molecule has 0 aromatic heterocycles. The molecule has 3 aromatic rings. The molecule has 0 unspecified atom stereocenters. The van der Waals surface area contributed by atoms with Crippen LogP contribution in [0.3, 0.4) is 0 Å². The van der Waals surface area contributed by atoms with E-state index in [1.54, 1.807) is 12.1 Å². The lowest BCUT2D eigenvalue weighted by molar-refractivity contribution is 0.0472. The maximum absolute atomic E-state index is 12.8. The maximum Gasteiger partial charge on any atom is 0.338 e. The summed E-state index contributed by atoms with van der Waals surface area (Å²) in [4.78, 5) is 10.1. The van der Waals surface area contributed by atoms with Crippen molar-refractivity contribution in [2.75, 3.05) is 6.61 Å². The van der Waals surface area contributed by atoms with Gasteiger partial charge in [0.1, 0.15) is 17.3 Å². The summed E-state index contributed by atoms with van der Waals surface area (Å²) in [6.45, 7) is 2.80. The van der Waals surface area contributed by atoms with Crippen LogP contribution in [0, 0.1) is 0 Å². The third-order valence-electron chi connectivity index (χ3n) is 6.31. The summed E-state index contributed by atoms with van der Waals surface area (Å²) in [5.74, 6) is -0.0887. The zero-order valence-electron chi connectivity index (χ0n) is 22.0. The van der Waals surface area contributed by atoms with Crippen molar-refractivity contribution in [3.05, 3.63) is 83.9 Å². The molecule has 0 heterocycles. The predicted molar refractivity (Wildman–Crippen MR) is 147 cm³/mol. The quantitative estimate of drug-likeness (QED) is 0.104. The van der Waals surface area contributed by atoms with Crippen LogP contribution in [0.2, 0.25) is 0 Å². The first-order valence-corrected chi connectivity index (χ1v) is 15.1. The number of hydrogen-bond donors (Lipinski definition) is 0. The molecule has 0 bridgehead atoms. The highest BCUT2D eigenvalue weighted by Crippen LogP contribution is 3.02. The zero-order valence-corrected chi connectivity index (χ0v) is 22.8. The minimum Gasteiger partial charge on any atom is -0.494 e. The summed E-state index contributed by atoms with van der Waals surface area (Å²) in [7, 11) is -9.78. The largest absolute Gasteiger partial charge is 0.494 e. The average molecular weight is 571 g/mol. The first-order valence-electron chi connectivity index (χ1n) is 13.2. The second-order valence-electron chi connectivity index (χ2n) is 9.61. The summed E-state index contributed by atoms with van der Waals surface area (Å²) in [6.07, 6.45) is 9.99. The van der Waals surface area contributed by atoms with Crippen LogP contribution in [0.1, 0.15) is 74.2 Å². The van der Waals surface area contributed by atoms with Crippen molar-refractivity contribution in [3.8, 4) is 16.9 Å². The van der Waals surface area contributed by atoms with E-state index in [4.69, 9.17) is 9.47 Å². The van der Waals surface area contributed by atoms with Crippen molar-refractivity contribution < 1.29 is 33.7 Å². The van der Waals surface area contributed by atoms with E-state index in [-0.39, 0.29) is 24.3 Å². The molecule has 9 heteroatoms. The molecule has 0 aliphatic rings. The van der Waals surface area contributed by atoms with Gasteiger partial charge in [-0.2, -0.15) is 0 Å². The van der Waals surface area contributed by atoms with E-state index in [1.807, 2.05) is 36.4 Å². The van der Waals surface area contributed by atoms with E-state index < -0.39 is 21.1 Å². The van der Waals surface area contributed by atoms with Crippen LogP contribution in [0.4, 0.5) is 19.4 Å². The molecule has 0 radical (unpaired) electrons. The Morgan fingerprint density at radius 1 is 0.667 bits per heavy atom. The summed E-state index contributed by atoms with van der Waals surface area (Å²) < 4.78 is 75.1. The summed E-state index contributed by atoms with van der Waals surface area (Å²) in [5.41, 5.74) is 2.36. The number of carbonyl (C=O) groups is 1. The van der Waals surface area contributed by atoms with E-state index in [1.165, 1.54) is 44.9 Å². The summed E-state index contributed by atoms with van der Waals surface area (Å²) >= 11 is 0. The number of ether oxygens (including phenoxy) is 2. The minimum absolute atomic E-state index is 0.117. The predicted octanol–water partition coefficient (Wildman–Crippen LogP) is 10.9. The molecule has 0 amide bonds. The Bertz CT molecular complexity index is 1190. The third kappa shape index (κ3) is 10.2. The van der Waals surface area contributed by atoms with E-state index in [0.29, 0.717) is 24.3 Å². The van der Waals surface area contributed by atoms with Crippen LogP contribution >= 0.6 is 10.2 Å². The Balaban J connectivity index is 1.42. The van der Waals surface area contributed by atoms with Crippen molar-refractivity contribution in [3.63, 3.8) is 0 Å². The highest BCUT2D eigenvalue weighted by atomic mass is 32.5. The van der Waals surface area contributed by atoms with Gasteiger partial charge in [0, 0.05) is 0 Å². The number of hydrogen-bond acceptors (Lipinski definition) is 3. The second kappa shape index (κ2) is 12.4. The smallest absolute Gasteiger partial charge is 0.338 e. The molecule has 3 aromatic carbocycles. The van der Waals surface area contributed by atoms with Gasteiger partial charge in [-0.15, -0.1) is 0 Å². The number of unbranched alkanes of at least 4 members (excludes halogenated alkanes) is 7. The molecule has 0 saturated heterocycles. The molecule has 0 spiro atoms. The van der Waals surface area contributed by atoms with Crippen LogP contribution in [0.5, 0.6) is 5.75 Å². The number of carbonyl (C=O) groups excluding carboxylic acids is 1. The molecule has 214 valence electrons. The fraction of sp³-hybridized carbons (Fsp3) is 0.367. The molecule has 3 rings (SSSR count). The molecule has 3 nitrogen and oxygen atoms in total. The Labute approximate surface area is 227 Å². The van der Waals surface area contributed by atoms with Gasteiger partial charge in [0.25, 0.3) is 0 Å². The highest BCUT2D eigenvalue weighted by Gasteiger charge is 2.65. The number of rotatable bonds is 15. The van der Waals surface area contributed by atoms with E-state index >= 15 is 0 Å². The zero-order chi connectivity index (χ0) is 28.4. The Kier molecular flexibility index (Phi) is 9.69. The lowest BCUT2D eigenvalue weighted by atomic mass is 10.0. The van der Waals surface area contributed by atoms with Gasteiger partial charge in [0.15, 0.2) is 0 Å². The van der Waals surface area contributed by atoms with Gasteiger partial charge in [-0.3, -0.25) is 0 Å². The fourth-order valence-corrected chi connectivity index (χ4v) is 4.69. The van der Waals surface area contributed by atoms with Crippen LogP contribution in [-0.2, 0) is 11.3 Å². The van der Waals surface area contributed by atoms with Gasteiger partial charge in [0.2, 0.25) is 0 Å². The van der Waals surface area contributed by atoms with Gasteiger partial charge in [-0.05, 0) is 59.5 Å². The molecule has 0 saturated carbocycles. The minimum atomic E-state index is -9.78. The van der Waals surface area contributed by atoms with Gasteiger partial charge >= 0.3 is 16.2 Å². The average Bonchev–Trinajstić information content (AvgIpc) is 2.90. The van der Waals surface area contributed by atoms with Crippen molar-refractivity contribution in [2.45, 2.75) is 69.8 Å². The number of benzene rings is 3. The Morgan fingerprint density at radius 2 is 1.18 bits per heavy atom. The van der Waals surface area contributed by atoms with Gasteiger partial charge in [0.05, 0.1) is 12.2 Å². The summed E-state index contributed by atoms with van der Waals surface area (Å²) in [6, 6.07) is 16.8. The van der Waals surface area contributed by atoms with E-state index in [2.05, 4.69) is 6.92 Å². The van der Waals surface area contributed by atoms with Crippen molar-refractivity contribution in [1.29, 1.82) is 0 Å². The van der Waals surface area contributed by atoms with Crippen molar-refractivity contribution >= 4 is 16.2 Å². The van der Waals surface area contributed by atoms with Crippen molar-refractivity contribution in [1.82, 2.24) is 0 Å². The highest BCUT2D eigenvalue weighted by molar-refractivity contribution is 8.45. The number of halogens is 5. The Hall–Kier alpha value is -3.07. The molecule has 0 N–H and O–H groups in total. The van der Waals surface area contributed by atoms with Crippen molar-refractivity contribution in [2.24, 2.45) is 0 Å². The van der Waals surface area contributed by atoms with Crippen LogP contribution in [0.15, 0.2) is 77.7 Å². The first-order chi connectivity index (χ1) is 18.4. The molecule has 0 aliphatic heterocycles. The molecular formula is C30H35F5O3S. The molecule has 39 heavy (non-hydrogen) atoms. The number of esters is 1. The molecule has 0 aliphatic carbocycles. The second-order valence-corrected chi connectivity index (χ2v) is 12.0. The lowest BCUT2D eigenvalue weighted by Gasteiger charge is -2.40. The van der Waals surface area contributed by atoms with Crippen LogP contribution < -0.4 is 4.74 Å². The topological polar surface area (TPSA) is 35.5 Å². The van der Waals surface area contributed by atoms with Gasteiger partial charge < -0.3 is 9.47 Å². The Morgan fingerprint density at radius 3 is 1.72 bits per heavy atom. The van der Waals surface area contributed by atoms with Gasteiger partial charge in [-0.1, -0.05) is 108 Å². The maximum atomic E-state index is 12.8. The molecule has 0 atom stereocenters. The monoisotopic (exact) mass is 570 g/mol. The molecular weight excluding hydrogens is 535 g/mol. The third-order valence-corrected chi connectivity index (χ3v) is 7.48. The standard InChI is InChI=1S/C30H35F5O3S/c1-2-3-4-5-6-7-8-9-22-37-28-18-14-26(15-19-28)25-12-10-24(11-13-25)23-38-30(36)27-16-20-29(21-17-27)39(31,32,33,34)35/h10-21H,2-9,22-23H2,1H3. The normalized spacial score (nSPS) is 13.4. The van der Waals surface area contributed by atoms with Crippen LogP contribution in [0.25, 0.3) is 11.1 Å². The summed E-state index contributed by atoms with van der Waals surface area (Å²) in [5, 5.41) is 0. The van der Waals surface area contributed by atoms with E-state index in [9.17, 15) is 24.2 Å². The fourth-order valence-electron chi connectivity index (χ4n) is 4.04. The SMILES string of the molecule is CCCCCCCCCCOc1ccc(-c2ccc(COC(=O)c3ccc(S(F)(F)(F)(F)F)cc3)cc2)cc1.